The van der Waals surface area contributed by atoms with E-state index < -0.39 is 12.1 Å². The van der Waals surface area contributed by atoms with E-state index in [4.69, 9.17) is 33.1 Å². The number of aromatic amines is 1. The number of likely N-dealkylation sites (tertiary alicyclic amines) is 1. The predicted molar refractivity (Wildman–Crippen MR) is 134 cm³/mol. The van der Waals surface area contributed by atoms with Crippen molar-refractivity contribution in [1.29, 1.82) is 0 Å². The second-order valence-corrected chi connectivity index (χ2v) is 9.47. The number of carboxylic acids is 1. The molecule has 1 atom stereocenters. The summed E-state index contributed by atoms with van der Waals surface area (Å²) in [6.07, 6.45) is -3.29. The summed E-state index contributed by atoms with van der Waals surface area (Å²) in [6.45, 7) is 4.50. The second-order valence-electron chi connectivity index (χ2n) is 8.66. The Balaban J connectivity index is 0.000000479. The molecule has 3 aromatic rings. The summed E-state index contributed by atoms with van der Waals surface area (Å²) in [5.74, 6) is -2.92. The number of halogens is 5. The van der Waals surface area contributed by atoms with Crippen LogP contribution in [0.1, 0.15) is 36.2 Å². The zero-order chi connectivity index (χ0) is 27.3. The van der Waals surface area contributed by atoms with Crippen LogP contribution in [0.4, 0.5) is 13.2 Å². The predicted octanol–water partition coefficient (Wildman–Crippen LogP) is 4.73. The van der Waals surface area contributed by atoms with Crippen molar-refractivity contribution >= 4 is 46.1 Å². The van der Waals surface area contributed by atoms with Crippen LogP contribution in [0.3, 0.4) is 0 Å². The summed E-state index contributed by atoms with van der Waals surface area (Å²) in [5, 5.41) is 10.9. The number of carbonyl (C=O) groups excluding carboxylic acids is 1. The highest BCUT2D eigenvalue weighted by Gasteiger charge is 2.38. The molecule has 200 valence electrons. The highest BCUT2D eigenvalue weighted by atomic mass is 35.5. The number of nitrogens with one attached hydrogen (secondary N) is 2. The van der Waals surface area contributed by atoms with E-state index in [1.807, 2.05) is 35.8 Å². The van der Waals surface area contributed by atoms with Gasteiger partial charge in [0.05, 0.1) is 21.1 Å². The molecule has 1 aliphatic heterocycles. The fourth-order valence-electron chi connectivity index (χ4n) is 4.17. The van der Waals surface area contributed by atoms with Crippen LogP contribution in [-0.4, -0.2) is 63.3 Å². The SMILES string of the molecule is C[C@@H](CN1CCC(n2c(=O)[nH]c3ccccc32)CC1)NC(=O)c1ccc(Cl)c(Cl)c1.O=C(O)C(F)(F)F. The number of hydrogen-bond acceptors (Lipinski definition) is 4. The van der Waals surface area contributed by atoms with Crippen LogP contribution in [0.2, 0.25) is 10.0 Å². The summed E-state index contributed by atoms with van der Waals surface area (Å²) < 4.78 is 33.6. The molecule has 4 rings (SSSR count). The average Bonchev–Trinajstić information content (AvgIpc) is 3.16. The molecular weight excluding hydrogens is 536 g/mol. The first-order valence-electron chi connectivity index (χ1n) is 11.3. The molecule has 37 heavy (non-hydrogen) atoms. The number of alkyl halides is 3. The maximum Gasteiger partial charge on any atom is 0.490 e. The number of aliphatic carboxylic acids is 1. The van der Waals surface area contributed by atoms with E-state index in [0.717, 1.165) is 43.5 Å². The van der Waals surface area contributed by atoms with Crippen molar-refractivity contribution in [3.8, 4) is 0 Å². The van der Waals surface area contributed by atoms with Crippen LogP contribution in [0.25, 0.3) is 11.0 Å². The first kappa shape index (κ1) is 28.5. The van der Waals surface area contributed by atoms with Gasteiger partial charge in [0.15, 0.2) is 0 Å². The van der Waals surface area contributed by atoms with Crippen molar-refractivity contribution in [2.45, 2.75) is 38.0 Å². The number of nitrogens with zero attached hydrogens (tertiary/aromatic N) is 2. The monoisotopic (exact) mass is 560 g/mol. The van der Waals surface area contributed by atoms with Gasteiger partial charge in [0, 0.05) is 37.3 Å². The molecule has 1 fully saturated rings. The van der Waals surface area contributed by atoms with Gasteiger partial charge in [0.25, 0.3) is 5.91 Å². The summed E-state index contributed by atoms with van der Waals surface area (Å²) in [5.41, 5.74) is 2.29. The molecule has 1 aliphatic rings. The van der Waals surface area contributed by atoms with Crippen LogP contribution in [0.5, 0.6) is 0 Å². The molecule has 8 nitrogen and oxygen atoms in total. The lowest BCUT2D eigenvalue weighted by atomic mass is 10.0. The van der Waals surface area contributed by atoms with Crippen molar-refractivity contribution in [2.24, 2.45) is 0 Å². The van der Waals surface area contributed by atoms with E-state index in [2.05, 4.69) is 15.2 Å². The number of aromatic nitrogens is 2. The zero-order valence-electron chi connectivity index (χ0n) is 19.7. The number of fused-ring (bicyclic) bond motifs is 1. The Morgan fingerprint density at radius 1 is 1.14 bits per heavy atom. The zero-order valence-corrected chi connectivity index (χ0v) is 21.2. The molecule has 1 aromatic heterocycles. The minimum absolute atomic E-state index is 0.0145. The Morgan fingerprint density at radius 2 is 1.76 bits per heavy atom. The standard InChI is InChI=1S/C22H24Cl2N4O2.C2HF3O2/c1-14(25-21(29)15-6-7-17(23)18(24)12-15)13-27-10-8-16(9-11-27)28-20-5-3-2-4-19(20)26-22(28)30;3-2(4,5)1(6)7/h2-7,12,14,16H,8-11,13H2,1H3,(H,25,29)(H,26,30);(H,6,7)/t14-;/m0./s1. The van der Waals surface area contributed by atoms with E-state index in [-0.39, 0.29) is 23.7 Å². The smallest absolute Gasteiger partial charge is 0.475 e. The van der Waals surface area contributed by atoms with Crippen LogP contribution in [0.15, 0.2) is 47.3 Å². The molecule has 0 aliphatic carbocycles. The molecule has 2 heterocycles. The maximum atomic E-state index is 12.5. The molecule has 0 spiro atoms. The molecule has 1 amide bonds. The molecule has 13 heteroatoms. The number of rotatable bonds is 5. The molecular formula is C24H25Cl2F3N4O4. The minimum atomic E-state index is -5.08. The number of imidazole rings is 1. The van der Waals surface area contributed by atoms with Gasteiger partial charge in [-0.05, 0) is 50.1 Å². The van der Waals surface area contributed by atoms with E-state index in [1.165, 1.54) is 0 Å². The lowest BCUT2D eigenvalue weighted by molar-refractivity contribution is -0.192. The van der Waals surface area contributed by atoms with Crippen LogP contribution >= 0.6 is 23.2 Å². The van der Waals surface area contributed by atoms with Gasteiger partial charge >= 0.3 is 17.8 Å². The van der Waals surface area contributed by atoms with Crippen molar-refractivity contribution < 1.29 is 27.9 Å². The Labute approximate surface area is 220 Å². The van der Waals surface area contributed by atoms with Gasteiger partial charge in [0.2, 0.25) is 0 Å². The summed E-state index contributed by atoms with van der Waals surface area (Å²) in [4.78, 5) is 39.0. The molecule has 0 radical (unpaired) electrons. The summed E-state index contributed by atoms with van der Waals surface area (Å²) in [7, 11) is 0. The van der Waals surface area contributed by atoms with E-state index in [9.17, 15) is 22.8 Å². The number of benzene rings is 2. The Hall–Kier alpha value is -3.02. The Kier molecular flexibility index (Phi) is 9.27. The topological polar surface area (TPSA) is 107 Å². The lowest BCUT2D eigenvalue weighted by Crippen LogP contribution is -2.45. The Bertz CT molecular complexity index is 1320. The maximum absolute atomic E-state index is 12.5. The van der Waals surface area contributed by atoms with E-state index in [0.29, 0.717) is 15.6 Å². The summed E-state index contributed by atoms with van der Waals surface area (Å²) >= 11 is 11.9. The van der Waals surface area contributed by atoms with Crippen molar-refractivity contribution in [2.75, 3.05) is 19.6 Å². The fourth-order valence-corrected chi connectivity index (χ4v) is 4.47. The third kappa shape index (κ3) is 7.50. The van der Waals surface area contributed by atoms with Gasteiger partial charge in [-0.3, -0.25) is 9.36 Å². The number of amides is 1. The first-order valence-corrected chi connectivity index (χ1v) is 12.1. The quantitative estimate of drug-likeness (QED) is 0.418. The average molecular weight is 561 g/mol. The third-order valence-corrected chi connectivity index (χ3v) is 6.62. The van der Waals surface area contributed by atoms with Gasteiger partial charge < -0.3 is 20.3 Å². The molecule has 0 unspecified atom stereocenters. The van der Waals surface area contributed by atoms with Crippen molar-refractivity contribution in [3.05, 3.63) is 68.6 Å². The van der Waals surface area contributed by atoms with E-state index in [1.54, 1.807) is 18.2 Å². The number of para-hydroxylation sites is 2. The molecule has 3 N–H and O–H groups in total. The minimum Gasteiger partial charge on any atom is -0.475 e. The van der Waals surface area contributed by atoms with Gasteiger partial charge in [0.1, 0.15) is 0 Å². The molecule has 0 bridgehead atoms. The number of H-pyrrole nitrogens is 1. The number of carboxylic acid groups (broad SMARTS) is 1. The number of carbonyl (C=O) groups is 2. The third-order valence-electron chi connectivity index (χ3n) is 5.88. The summed E-state index contributed by atoms with van der Waals surface area (Å²) in [6, 6.07) is 12.8. The number of hydrogen-bond donors (Lipinski definition) is 3. The van der Waals surface area contributed by atoms with Gasteiger partial charge in [-0.25, -0.2) is 9.59 Å². The van der Waals surface area contributed by atoms with Crippen molar-refractivity contribution in [1.82, 2.24) is 19.8 Å². The van der Waals surface area contributed by atoms with Gasteiger partial charge in [-0.1, -0.05) is 35.3 Å². The van der Waals surface area contributed by atoms with Gasteiger partial charge in [-0.2, -0.15) is 13.2 Å². The van der Waals surface area contributed by atoms with Crippen molar-refractivity contribution in [3.63, 3.8) is 0 Å². The van der Waals surface area contributed by atoms with Gasteiger partial charge in [-0.15, -0.1) is 0 Å². The Morgan fingerprint density at radius 3 is 2.35 bits per heavy atom. The second kappa shape index (κ2) is 12.0. The molecule has 2 aromatic carbocycles. The first-order chi connectivity index (χ1) is 17.4. The number of piperidine rings is 1. The van der Waals surface area contributed by atoms with Crippen LogP contribution < -0.4 is 11.0 Å². The van der Waals surface area contributed by atoms with Crippen LogP contribution in [-0.2, 0) is 4.79 Å². The molecule has 0 saturated carbocycles. The largest absolute Gasteiger partial charge is 0.490 e. The highest BCUT2D eigenvalue weighted by Crippen LogP contribution is 2.25. The fraction of sp³-hybridized carbons (Fsp3) is 0.375. The van der Waals surface area contributed by atoms with Crippen LogP contribution in [0, 0.1) is 0 Å². The lowest BCUT2D eigenvalue weighted by Gasteiger charge is -2.34. The van der Waals surface area contributed by atoms with E-state index >= 15 is 0 Å². The highest BCUT2D eigenvalue weighted by molar-refractivity contribution is 6.42. The molecule has 1 saturated heterocycles. The normalized spacial score (nSPS) is 15.6.